The van der Waals surface area contributed by atoms with Crippen LogP contribution in [0.25, 0.3) is 0 Å². The lowest BCUT2D eigenvalue weighted by molar-refractivity contribution is -0.138. The standard InChI is InChI=1S/C9H11N3O3/c10-9(11)12-7(8(14)15)5-1-3-6(13)4-2-5/h1-4,7,13H,(H,14,15)(H4,10,11,12)/t7-/m0/s1. The van der Waals surface area contributed by atoms with Crippen LogP contribution in [0.3, 0.4) is 0 Å². The van der Waals surface area contributed by atoms with Crippen LogP contribution in [0.1, 0.15) is 11.6 Å². The molecular formula is C9H11N3O3. The van der Waals surface area contributed by atoms with Crippen LogP contribution in [0.15, 0.2) is 29.3 Å². The lowest BCUT2D eigenvalue weighted by Crippen LogP contribution is -2.25. The van der Waals surface area contributed by atoms with Crippen LogP contribution < -0.4 is 11.5 Å². The number of nitrogens with two attached hydrogens (primary N) is 2. The van der Waals surface area contributed by atoms with Gasteiger partial charge in [0, 0.05) is 0 Å². The minimum atomic E-state index is -1.16. The van der Waals surface area contributed by atoms with Gasteiger partial charge in [-0.2, -0.15) is 0 Å². The van der Waals surface area contributed by atoms with E-state index < -0.39 is 12.0 Å². The number of benzene rings is 1. The molecule has 1 aromatic rings. The van der Waals surface area contributed by atoms with Crippen molar-refractivity contribution in [3.05, 3.63) is 29.8 Å². The van der Waals surface area contributed by atoms with Crippen molar-refractivity contribution in [2.75, 3.05) is 0 Å². The average Bonchev–Trinajstić information content (AvgIpc) is 2.15. The fourth-order valence-electron chi connectivity index (χ4n) is 1.08. The molecular weight excluding hydrogens is 198 g/mol. The minimum absolute atomic E-state index is 0.0487. The van der Waals surface area contributed by atoms with Crippen molar-refractivity contribution < 1.29 is 15.0 Å². The summed E-state index contributed by atoms with van der Waals surface area (Å²) in [6, 6.07) is 4.48. The lowest BCUT2D eigenvalue weighted by Gasteiger charge is -2.07. The molecule has 80 valence electrons. The normalized spacial score (nSPS) is 11.7. The predicted molar refractivity (Wildman–Crippen MR) is 54.3 cm³/mol. The molecule has 6 heteroatoms. The van der Waals surface area contributed by atoms with Gasteiger partial charge in [-0.15, -0.1) is 0 Å². The Labute approximate surface area is 85.9 Å². The highest BCUT2D eigenvalue weighted by Gasteiger charge is 2.18. The van der Waals surface area contributed by atoms with Crippen molar-refractivity contribution in [2.45, 2.75) is 6.04 Å². The molecule has 0 saturated carbocycles. The van der Waals surface area contributed by atoms with Gasteiger partial charge >= 0.3 is 5.97 Å². The number of phenolic OH excluding ortho intramolecular Hbond substituents is 1. The Morgan fingerprint density at radius 1 is 1.27 bits per heavy atom. The average molecular weight is 209 g/mol. The zero-order valence-corrected chi connectivity index (χ0v) is 7.79. The van der Waals surface area contributed by atoms with Gasteiger partial charge in [-0.3, -0.25) is 0 Å². The van der Waals surface area contributed by atoms with Crippen molar-refractivity contribution in [1.82, 2.24) is 0 Å². The monoisotopic (exact) mass is 209 g/mol. The molecule has 1 rings (SSSR count). The summed E-state index contributed by atoms with van der Waals surface area (Å²) in [5.41, 5.74) is 10.6. The molecule has 0 aliphatic carbocycles. The van der Waals surface area contributed by atoms with Gasteiger partial charge in [0.1, 0.15) is 5.75 Å². The zero-order valence-electron chi connectivity index (χ0n) is 7.79. The molecule has 0 heterocycles. The molecule has 0 aliphatic rings. The van der Waals surface area contributed by atoms with Crippen molar-refractivity contribution in [2.24, 2.45) is 16.5 Å². The lowest BCUT2D eigenvalue weighted by atomic mass is 10.1. The Balaban J connectivity index is 3.05. The molecule has 0 fully saturated rings. The van der Waals surface area contributed by atoms with E-state index in [1.54, 1.807) is 0 Å². The van der Waals surface area contributed by atoms with E-state index >= 15 is 0 Å². The molecule has 0 bridgehead atoms. The van der Waals surface area contributed by atoms with Gasteiger partial charge in [0.25, 0.3) is 0 Å². The van der Waals surface area contributed by atoms with E-state index in [0.29, 0.717) is 5.56 Å². The van der Waals surface area contributed by atoms with Crippen LogP contribution in [0, 0.1) is 0 Å². The van der Waals surface area contributed by atoms with E-state index in [9.17, 15) is 4.79 Å². The molecule has 1 atom stereocenters. The molecule has 0 aromatic heterocycles. The van der Waals surface area contributed by atoms with Gasteiger partial charge in [0.2, 0.25) is 0 Å². The number of aliphatic carboxylic acids is 1. The van der Waals surface area contributed by atoms with Crippen LogP contribution in [0.5, 0.6) is 5.75 Å². The highest BCUT2D eigenvalue weighted by Crippen LogP contribution is 2.20. The summed E-state index contributed by atoms with van der Waals surface area (Å²) in [4.78, 5) is 14.4. The zero-order chi connectivity index (χ0) is 11.4. The first-order valence-corrected chi connectivity index (χ1v) is 4.11. The van der Waals surface area contributed by atoms with Gasteiger partial charge in [0.05, 0.1) is 0 Å². The van der Waals surface area contributed by atoms with Gasteiger partial charge in [0.15, 0.2) is 12.0 Å². The SMILES string of the molecule is NC(N)=N[C@H](C(=O)O)c1ccc(O)cc1. The summed E-state index contributed by atoms with van der Waals surface area (Å²) < 4.78 is 0. The number of hydrogen-bond donors (Lipinski definition) is 4. The Bertz CT molecular complexity index is 382. The number of guanidine groups is 1. The first-order chi connectivity index (χ1) is 7.00. The summed E-state index contributed by atoms with van der Waals surface area (Å²) in [5, 5.41) is 17.9. The Morgan fingerprint density at radius 2 is 1.80 bits per heavy atom. The quantitative estimate of drug-likeness (QED) is 0.405. The third-order valence-corrected chi connectivity index (χ3v) is 1.72. The first-order valence-electron chi connectivity index (χ1n) is 4.11. The summed E-state index contributed by atoms with van der Waals surface area (Å²) in [6.07, 6.45) is 0. The van der Waals surface area contributed by atoms with E-state index in [0.717, 1.165) is 0 Å². The van der Waals surface area contributed by atoms with Crippen molar-refractivity contribution in [3.8, 4) is 5.75 Å². The van der Waals surface area contributed by atoms with Gasteiger partial charge < -0.3 is 21.7 Å². The molecule has 6 N–H and O–H groups in total. The maximum Gasteiger partial charge on any atom is 0.333 e. The third kappa shape index (κ3) is 2.87. The smallest absolute Gasteiger partial charge is 0.333 e. The van der Waals surface area contributed by atoms with Gasteiger partial charge in [-0.1, -0.05) is 12.1 Å². The second kappa shape index (κ2) is 4.32. The third-order valence-electron chi connectivity index (χ3n) is 1.72. The number of carbonyl (C=O) groups is 1. The van der Waals surface area contributed by atoms with Crippen LogP contribution in [-0.2, 0) is 4.79 Å². The molecule has 0 radical (unpaired) electrons. The number of carboxylic acids is 1. The van der Waals surface area contributed by atoms with Crippen molar-refractivity contribution >= 4 is 11.9 Å². The second-order valence-electron chi connectivity index (χ2n) is 2.89. The summed E-state index contributed by atoms with van der Waals surface area (Å²) in [7, 11) is 0. The molecule has 0 saturated heterocycles. The Morgan fingerprint density at radius 3 is 2.20 bits per heavy atom. The predicted octanol–water partition coefficient (Wildman–Crippen LogP) is -0.209. The van der Waals surface area contributed by atoms with E-state index in [-0.39, 0.29) is 11.7 Å². The van der Waals surface area contributed by atoms with E-state index in [1.165, 1.54) is 24.3 Å². The number of aliphatic imine (C=N–C) groups is 1. The number of aromatic hydroxyl groups is 1. The van der Waals surface area contributed by atoms with Gasteiger partial charge in [-0.25, -0.2) is 9.79 Å². The molecule has 0 spiro atoms. The first kappa shape index (κ1) is 10.8. The van der Waals surface area contributed by atoms with Crippen LogP contribution in [0.4, 0.5) is 0 Å². The van der Waals surface area contributed by atoms with Crippen LogP contribution in [-0.4, -0.2) is 22.1 Å². The maximum absolute atomic E-state index is 10.8. The molecule has 15 heavy (non-hydrogen) atoms. The summed E-state index contributed by atoms with van der Waals surface area (Å²) in [5.74, 6) is -1.41. The molecule has 0 amide bonds. The Kier molecular flexibility index (Phi) is 3.12. The van der Waals surface area contributed by atoms with E-state index in [2.05, 4.69) is 4.99 Å². The van der Waals surface area contributed by atoms with Crippen LogP contribution >= 0.6 is 0 Å². The fourth-order valence-corrected chi connectivity index (χ4v) is 1.08. The van der Waals surface area contributed by atoms with Gasteiger partial charge in [-0.05, 0) is 17.7 Å². The maximum atomic E-state index is 10.8. The second-order valence-corrected chi connectivity index (χ2v) is 2.89. The highest BCUT2D eigenvalue weighted by atomic mass is 16.4. The molecule has 0 unspecified atom stereocenters. The van der Waals surface area contributed by atoms with Crippen molar-refractivity contribution in [1.29, 1.82) is 0 Å². The summed E-state index contributed by atoms with van der Waals surface area (Å²) in [6.45, 7) is 0. The van der Waals surface area contributed by atoms with E-state index in [4.69, 9.17) is 21.7 Å². The van der Waals surface area contributed by atoms with Crippen molar-refractivity contribution in [3.63, 3.8) is 0 Å². The number of nitrogens with zero attached hydrogens (tertiary/aromatic N) is 1. The van der Waals surface area contributed by atoms with Crippen LogP contribution in [0.2, 0.25) is 0 Å². The fraction of sp³-hybridized carbons (Fsp3) is 0.111. The molecule has 6 nitrogen and oxygen atoms in total. The topological polar surface area (TPSA) is 122 Å². The van der Waals surface area contributed by atoms with E-state index in [1.807, 2.05) is 0 Å². The largest absolute Gasteiger partial charge is 0.508 e. The summed E-state index contributed by atoms with van der Waals surface area (Å²) >= 11 is 0. The molecule has 1 aromatic carbocycles. The Hall–Kier alpha value is -2.24. The number of carboxylic acid groups (broad SMARTS) is 1. The number of hydrogen-bond acceptors (Lipinski definition) is 3. The highest BCUT2D eigenvalue weighted by molar-refractivity contribution is 5.82. The number of rotatable bonds is 3. The molecule has 0 aliphatic heterocycles. The minimum Gasteiger partial charge on any atom is -0.508 e. The number of phenols is 1.